The summed E-state index contributed by atoms with van der Waals surface area (Å²) < 4.78 is 5.11. The highest BCUT2D eigenvalue weighted by Gasteiger charge is 2.27. The van der Waals surface area contributed by atoms with Crippen molar-refractivity contribution in [3.05, 3.63) is 33.8 Å². The largest absolute Gasteiger partial charge is 0.466 e. The first-order valence-corrected chi connectivity index (χ1v) is 7.69. The van der Waals surface area contributed by atoms with Crippen LogP contribution in [0.3, 0.4) is 0 Å². The number of piperidine rings is 1. The van der Waals surface area contributed by atoms with Gasteiger partial charge in [0.1, 0.15) is 0 Å². The second-order valence-electron chi connectivity index (χ2n) is 5.04. The Kier molecular flexibility index (Phi) is 5.70. The third kappa shape index (κ3) is 3.87. The van der Waals surface area contributed by atoms with E-state index in [1.807, 2.05) is 19.1 Å². The molecule has 2 rings (SSSR count). The minimum atomic E-state index is -0.0885. The molecule has 5 heteroatoms. The number of benzene rings is 1. The second-order valence-corrected chi connectivity index (χ2v) is 5.82. The molecule has 0 radical (unpaired) electrons. The Morgan fingerprint density at radius 3 is 3.00 bits per heavy atom. The summed E-state index contributed by atoms with van der Waals surface area (Å²) in [5.41, 5.74) is 1.00. The van der Waals surface area contributed by atoms with Gasteiger partial charge in [-0.1, -0.05) is 35.3 Å². The van der Waals surface area contributed by atoms with Crippen LogP contribution < -0.4 is 0 Å². The molecule has 1 fully saturated rings. The van der Waals surface area contributed by atoms with Crippen LogP contribution in [0.1, 0.15) is 25.3 Å². The van der Waals surface area contributed by atoms with E-state index in [1.165, 1.54) is 0 Å². The topological polar surface area (TPSA) is 29.5 Å². The number of hydrogen-bond acceptors (Lipinski definition) is 3. The molecular formula is C15H19Cl2NO2. The van der Waals surface area contributed by atoms with E-state index in [9.17, 15) is 4.79 Å². The molecule has 110 valence electrons. The van der Waals surface area contributed by atoms with Gasteiger partial charge in [0.15, 0.2) is 0 Å². The monoisotopic (exact) mass is 315 g/mol. The van der Waals surface area contributed by atoms with Gasteiger partial charge in [-0.15, -0.1) is 0 Å². The lowest BCUT2D eigenvalue weighted by Gasteiger charge is -2.31. The third-order valence-electron chi connectivity index (χ3n) is 3.55. The Morgan fingerprint density at radius 1 is 1.45 bits per heavy atom. The summed E-state index contributed by atoms with van der Waals surface area (Å²) in [5, 5.41) is 1.18. The van der Waals surface area contributed by atoms with Crippen molar-refractivity contribution in [3.8, 4) is 0 Å². The van der Waals surface area contributed by atoms with E-state index in [-0.39, 0.29) is 11.9 Å². The van der Waals surface area contributed by atoms with Gasteiger partial charge in [-0.05, 0) is 37.9 Å². The number of halogens is 2. The second kappa shape index (κ2) is 7.30. The van der Waals surface area contributed by atoms with E-state index in [1.54, 1.807) is 6.07 Å². The van der Waals surface area contributed by atoms with E-state index in [2.05, 4.69) is 4.90 Å². The van der Waals surface area contributed by atoms with E-state index in [4.69, 9.17) is 27.9 Å². The van der Waals surface area contributed by atoms with Crippen molar-refractivity contribution < 1.29 is 9.53 Å². The van der Waals surface area contributed by atoms with Crippen LogP contribution in [-0.2, 0) is 16.1 Å². The molecule has 20 heavy (non-hydrogen) atoms. The van der Waals surface area contributed by atoms with Crippen LogP contribution in [0.25, 0.3) is 0 Å². The molecule has 1 saturated heterocycles. The fraction of sp³-hybridized carbons (Fsp3) is 0.533. The van der Waals surface area contributed by atoms with Gasteiger partial charge in [0.25, 0.3) is 0 Å². The first kappa shape index (κ1) is 15.6. The number of carbonyl (C=O) groups excluding carboxylic acids is 1. The van der Waals surface area contributed by atoms with Gasteiger partial charge < -0.3 is 4.74 Å². The van der Waals surface area contributed by atoms with Crippen molar-refractivity contribution in [1.29, 1.82) is 0 Å². The van der Waals surface area contributed by atoms with Crippen LogP contribution >= 0.6 is 23.2 Å². The fourth-order valence-corrected chi connectivity index (χ4v) is 2.94. The highest BCUT2D eigenvalue weighted by molar-refractivity contribution is 6.42. The van der Waals surface area contributed by atoms with Crippen molar-refractivity contribution in [3.63, 3.8) is 0 Å². The normalized spacial score (nSPS) is 19.9. The van der Waals surface area contributed by atoms with Crippen LogP contribution in [-0.4, -0.2) is 30.6 Å². The van der Waals surface area contributed by atoms with Crippen LogP contribution in [0, 0.1) is 5.92 Å². The summed E-state index contributed by atoms with van der Waals surface area (Å²) in [6, 6.07) is 5.66. The first-order valence-electron chi connectivity index (χ1n) is 6.93. The Labute approximate surface area is 129 Å². The molecule has 1 aromatic carbocycles. The Morgan fingerprint density at radius 2 is 2.25 bits per heavy atom. The van der Waals surface area contributed by atoms with Crippen LogP contribution in [0.2, 0.25) is 10.0 Å². The van der Waals surface area contributed by atoms with Crippen LogP contribution in [0.4, 0.5) is 0 Å². The van der Waals surface area contributed by atoms with Crippen LogP contribution in [0.5, 0.6) is 0 Å². The maximum absolute atomic E-state index is 11.8. The molecule has 0 unspecified atom stereocenters. The number of esters is 1. The molecule has 1 aliphatic rings. The average Bonchev–Trinajstić information content (AvgIpc) is 2.44. The highest BCUT2D eigenvalue weighted by Crippen LogP contribution is 2.28. The molecule has 0 amide bonds. The molecule has 0 spiro atoms. The third-order valence-corrected chi connectivity index (χ3v) is 4.41. The lowest BCUT2D eigenvalue weighted by molar-refractivity contribution is -0.150. The molecule has 3 nitrogen and oxygen atoms in total. The number of nitrogens with zero attached hydrogens (tertiary/aromatic N) is 1. The van der Waals surface area contributed by atoms with Crippen molar-refractivity contribution in [2.75, 3.05) is 19.7 Å². The lowest BCUT2D eigenvalue weighted by atomic mass is 9.97. The smallest absolute Gasteiger partial charge is 0.310 e. The number of carbonyl (C=O) groups is 1. The summed E-state index contributed by atoms with van der Waals surface area (Å²) in [6.45, 7) is 4.69. The summed E-state index contributed by atoms with van der Waals surface area (Å²) in [6.07, 6.45) is 1.90. The van der Waals surface area contributed by atoms with E-state index in [0.717, 1.165) is 38.0 Å². The molecule has 0 saturated carbocycles. The number of likely N-dealkylation sites (tertiary alicyclic amines) is 1. The zero-order valence-corrected chi connectivity index (χ0v) is 13.1. The maximum atomic E-state index is 11.8. The number of rotatable bonds is 4. The van der Waals surface area contributed by atoms with Gasteiger partial charge in [-0.2, -0.15) is 0 Å². The number of ether oxygens (including phenoxy) is 1. The number of hydrogen-bond donors (Lipinski definition) is 0. The van der Waals surface area contributed by atoms with Crippen LogP contribution in [0.15, 0.2) is 18.2 Å². The molecule has 0 aliphatic carbocycles. The fourth-order valence-electron chi connectivity index (χ4n) is 2.56. The molecular weight excluding hydrogens is 297 g/mol. The predicted molar refractivity (Wildman–Crippen MR) is 81.1 cm³/mol. The Balaban J connectivity index is 1.99. The van der Waals surface area contributed by atoms with Gasteiger partial charge in [0.2, 0.25) is 0 Å². The predicted octanol–water partition coefficient (Wildman–Crippen LogP) is 3.77. The Hall–Kier alpha value is -0.770. The minimum Gasteiger partial charge on any atom is -0.466 e. The summed E-state index contributed by atoms with van der Waals surface area (Å²) in [7, 11) is 0. The average molecular weight is 316 g/mol. The molecule has 1 atom stereocenters. The zero-order valence-electron chi connectivity index (χ0n) is 11.6. The summed E-state index contributed by atoms with van der Waals surface area (Å²) in [4.78, 5) is 14.1. The van der Waals surface area contributed by atoms with Crippen molar-refractivity contribution in [1.82, 2.24) is 4.90 Å². The first-order chi connectivity index (χ1) is 9.61. The van der Waals surface area contributed by atoms with Crippen molar-refractivity contribution >= 4 is 29.2 Å². The molecule has 1 aliphatic heterocycles. The van der Waals surface area contributed by atoms with Gasteiger partial charge in [0.05, 0.1) is 22.6 Å². The van der Waals surface area contributed by atoms with E-state index < -0.39 is 0 Å². The minimum absolute atomic E-state index is 0.0262. The van der Waals surface area contributed by atoms with Crippen molar-refractivity contribution in [2.45, 2.75) is 26.3 Å². The Bertz CT molecular complexity index is 479. The molecule has 1 heterocycles. The lowest BCUT2D eigenvalue weighted by Crippen LogP contribution is -2.39. The quantitative estimate of drug-likeness (QED) is 0.792. The van der Waals surface area contributed by atoms with Gasteiger partial charge in [0, 0.05) is 13.1 Å². The van der Waals surface area contributed by atoms with Gasteiger partial charge in [-0.25, -0.2) is 0 Å². The highest BCUT2D eigenvalue weighted by atomic mass is 35.5. The van der Waals surface area contributed by atoms with Gasteiger partial charge >= 0.3 is 5.97 Å². The summed E-state index contributed by atoms with van der Waals surface area (Å²) in [5.74, 6) is -0.115. The maximum Gasteiger partial charge on any atom is 0.310 e. The zero-order chi connectivity index (χ0) is 14.5. The molecule has 0 bridgehead atoms. The van der Waals surface area contributed by atoms with E-state index >= 15 is 0 Å². The van der Waals surface area contributed by atoms with Gasteiger partial charge in [-0.3, -0.25) is 9.69 Å². The molecule has 0 N–H and O–H groups in total. The SMILES string of the molecule is CCOC(=O)[C@H]1CCCN(Cc2cccc(Cl)c2Cl)C1. The summed E-state index contributed by atoms with van der Waals surface area (Å²) >= 11 is 12.2. The molecule has 1 aromatic rings. The van der Waals surface area contributed by atoms with Crippen molar-refractivity contribution in [2.24, 2.45) is 5.92 Å². The molecule has 0 aromatic heterocycles. The van der Waals surface area contributed by atoms with E-state index in [0.29, 0.717) is 16.7 Å². The standard InChI is InChI=1S/C15H19Cl2NO2/c1-2-20-15(19)12-6-4-8-18(10-12)9-11-5-3-7-13(16)14(11)17/h3,5,7,12H,2,4,6,8-10H2,1H3/t12-/m0/s1.